The summed E-state index contributed by atoms with van der Waals surface area (Å²) in [6.07, 6.45) is -3.10. The summed E-state index contributed by atoms with van der Waals surface area (Å²) in [7, 11) is 7.35. The summed E-state index contributed by atoms with van der Waals surface area (Å²) < 4.78 is 0. The van der Waals surface area contributed by atoms with Gasteiger partial charge in [-0.25, -0.2) is 0 Å². The largest absolute Gasteiger partial charge is 0.394 e. The number of aliphatic hydroxyl groups excluding tert-OH is 4. The third kappa shape index (κ3) is 23.4. The van der Waals surface area contributed by atoms with Gasteiger partial charge in [0.15, 0.2) is 0 Å². The van der Waals surface area contributed by atoms with E-state index in [0.29, 0.717) is 5.56 Å². The lowest BCUT2D eigenvalue weighted by Gasteiger charge is -2.37. The molecule has 15 atom stereocenters. The molecule has 99 heavy (non-hydrogen) atoms. The summed E-state index contributed by atoms with van der Waals surface area (Å²) in [4.78, 5) is 205. The molecule has 0 aromatic heterocycles. The van der Waals surface area contributed by atoms with Gasteiger partial charge in [0.1, 0.15) is 72.5 Å². The quantitative estimate of drug-likeness (QED) is 0.0909. The SMILES string of the molecule is CC[C@H](C)[C@H]1C(=O)N[C@@H](CO)C(=O)N[C@@H](C(C)C)C(=O)N(C)[C@@H](Cc2ccccc2)C(=O)NCC(=O)N[C@@H](C(C)C)C(=O)N(C)[C@@H]([C@@H](C)O)C(=O)N[C@@H](C(C)C)C(=O)N(C)[C@@H]([C@@H](C)O)C(=O)N[C@@H](C(C)C)C(=O)N(C)[C@@H](C)C(=O)NCC(=O)N[C@@H](C(C)C)C(=O)N(C)[C@@H](CO)C(=O)N1C. The number of benzene rings is 1. The molecule has 12 N–H and O–H groups in total. The Morgan fingerprint density at radius 2 is 0.727 bits per heavy atom. The van der Waals surface area contributed by atoms with E-state index in [2.05, 4.69) is 42.5 Å². The van der Waals surface area contributed by atoms with Crippen LogP contribution in [0.15, 0.2) is 30.3 Å². The summed E-state index contributed by atoms with van der Waals surface area (Å²) in [5, 5.41) is 63.9. The van der Waals surface area contributed by atoms with Gasteiger partial charge in [-0.15, -0.1) is 0 Å². The number of amides is 14. The van der Waals surface area contributed by atoms with Gasteiger partial charge in [0.25, 0.3) is 0 Å². The van der Waals surface area contributed by atoms with Crippen molar-refractivity contribution in [1.82, 2.24) is 71.9 Å². The van der Waals surface area contributed by atoms with Crippen molar-refractivity contribution in [3.63, 3.8) is 0 Å². The van der Waals surface area contributed by atoms with Crippen molar-refractivity contribution >= 4 is 82.7 Å². The highest BCUT2D eigenvalue weighted by atomic mass is 16.3. The second-order valence-corrected chi connectivity index (χ2v) is 27.4. The normalized spacial score (nSPS) is 27.3. The molecule has 0 unspecified atom stereocenters. The predicted molar refractivity (Wildman–Crippen MR) is 364 cm³/mol. The van der Waals surface area contributed by atoms with Gasteiger partial charge in [0.2, 0.25) is 82.7 Å². The van der Waals surface area contributed by atoms with Crippen LogP contribution in [0.5, 0.6) is 0 Å². The second-order valence-electron chi connectivity index (χ2n) is 27.4. The Morgan fingerprint density at radius 3 is 1.09 bits per heavy atom. The number of carbonyl (C=O) groups is 14. The summed E-state index contributed by atoms with van der Waals surface area (Å²) in [6, 6.07) is -9.57. The van der Waals surface area contributed by atoms with Crippen LogP contribution in [0, 0.1) is 35.5 Å². The first-order valence-corrected chi connectivity index (χ1v) is 33.5. The molecule has 0 spiro atoms. The fraction of sp³-hybridized carbons (Fsp3) is 0.701. The molecule has 32 heteroatoms. The second kappa shape index (κ2) is 39.4. The van der Waals surface area contributed by atoms with Gasteiger partial charge in [0.05, 0.1) is 38.5 Å². The number of nitrogens with zero attached hydrogens (tertiary/aromatic N) is 6. The van der Waals surface area contributed by atoms with Crippen molar-refractivity contribution in [2.45, 2.75) is 201 Å². The summed E-state index contributed by atoms with van der Waals surface area (Å²) >= 11 is 0. The van der Waals surface area contributed by atoms with E-state index in [0.717, 1.165) is 29.4 Å². The number of hydrogen-bond donors (Lipinski definition) is 12. The average Bonchev–Trinajstić information content (AvgIpc) is 0.826. The molecule has 1 aliphatic rings. The highest BCUT2D eigenvalue weighted by Gasteiger charge is 2.45. The van der Waals surface area contributed by atoms with Crippen LogP contribution in [-0.4, -0.2) is 286 Å². The highest BCUT2D eigenvalue weighted by molar-refractivity contribution is 6.00. The van der Waals surface area contributed by atoms with Crippen molar-refractivity contribution in [3.05, 3.63) is 35.9 Å². The van der Waals surface area contributed by atoms with Crippen molar-refractivity contribution in [3.8, 4) is 0 Å². The van der Waals surface area contributed by atoms with Gasteiger partial charge in [-0.3, -0.25) is 67.1 Å². The van der Waals surface area contributed by atoms with Crippen LogP contribution >= 0.6 is 0 Å². The van der Waals surface area contributed by atoms with Crippen LogP contribution in [0.2, 0.25) is 0 Å². The first kappa shape index (κ1) is 86.7. The average molecular weight is 1400 g/mol. The van der Waals surface area contributed by atoms with E-state index in [1.54, 1.807) is 113 Å². The van der Waals surface area contributed by atoms with E-state index in [9.17, 15) is 87.5 Å². The molecule has 2 rings (SSSR count). The van der Waals surface area contributed by atoms with Crippen molar-refractivity contribution in [2.24, 2.45) is 35.5 Å². The van der Waals surface area contributed by atoms with Gasteiger partial charge >= 0.3 is 0 Å². The maximum atomic E-state index is 14.7. The number of hydrogen-bond acceptors (Lipinski definition) is 18. The molecule has 1 saturated heterocycles. The molecule has 1 aromatic rings. The van der Waals surface area contributed by atoms with E-state index in [4.69, 9.17) is 0 Å². The van der Waals surface area contributed by atoms with Crippen molar-refractivity contribution in [1.29, 1.82) is 0 Å². The van der Waals surface area contributed by atoms with E-state index in [-0.39, 0.29) is 12.8 Å². The number of likely N-dealkylation sites (N-methyl/N-ethyl adjacent to an activating group) is 6. The topological polar surface area (TPSA) is 436 Å². The Balaban J connectivity index is 2.85. The minimum Gasteiger partial charge on any atom is -0.394 e. The van der Waals surface area contributed by atoms with Gasteiger partial charge < -0.3 is 92.4 Å². The fourth-order valence-corrected chi connectivity index (χ4v) is 11.3. The molecule has 558 valence electrons. The molecule has 1 aromatic carbocycles. The Labute approximate surface area is 581 Å². The maximum absolute atomic E-state index is 14.7. The lowest BCUT2D eigenvalue weighted by atomic mass is 9.95. The van der Waals surface area contributed by atoms with Gasteiger partial charge in [-0.1, -0.05) is 120 Å². The Morgan fingerprint density at radius 1 is 0.394 bits per heavy atom. The molecular weight excluding hydrogens is 1290 g/mol. The maximum Gasteiger partial charge on any atom is 0.248 e. The Hall–Kier alpha value is -8.36. The smallest absolute Gasteiger partial charge is 0.248 e. The molecular formula is C67H112N14O18. The zero-order valence-corrected chi connectivity index (χ0v) is 61.4. The first-order chi connectivity index (χ1) is 46.0. The Bertz CT molecular complexity index is 2990. The molecule has 0 radical (unpaired) electrons. The first-order valence-electron chi connectivity index (χ1n) is 33.5. The van der Waals surface area contributed by atoms with Gasteiger partial charge in [0, 0.05) is 48.7 Å². The zero-order chi connectivity index (χ0) is 76.1. The van der Waals surface area contributed by atoms with Crippen molar-refractivity contribution in [2.75, 3.05) is 68.6 Å². The molecule has 1 fully saturated rings. The van der Waals surface area contributed by atoms with E-state index < -0.39 is 229 Å². The van der Waals surface area contributed by atoms with Gasteiger partial charge in [-0.2, -0.15) is 0 Å². The van der Waals surface area contributed by atoms with Crippen molar-refractivity contribution < 1.29 is 87.5 Å². The standard InChI is InChI=1S/C67H112N14O18/c1-22-38(12)53-59(91)70-43(31-82)57(89)73-51(36(8)9)65(97)77(17)44(28-42-26-24-23-25-27-42)58(90)69-30-47(87)72-49(34(4)5)66(98)80(20)54(40(14)84)61(93)75-52(37(10)11)67(99)81(21)55(41(15)85)60(92)74-50(35(6)7)63(95)76(16)39(13)56(88)68-29-46(86)71-48(33(2)3)64(96)78(18)45(32-83)62(94)79(53)19/h23-27,33-41,43-45,48-55,82-85H,22,28-32H2,1-21H3,(H,68,88)(H,69,90)(H,70,91)(H,71,86)(H,72,87)(H,73,89)(H,74,92)(H,75,93)/t38-,39-,40+,41+,43-,44-,45-,48-,49-,50-,51-,52-,53-,54-,55-/m0/s1. The lowest BCUT2D eigenvalue weighted by Crippen LogP contribution is -2.64. The molecule has 0 aliphatic carbocycles. The molecule has 32 nitrogen and oxygen atoms in total. The number of nitrogens with one attached hydrogen (secondary N) is 8. The number of rotatable bonds is 13. The van der Waals surface area contributed by atoms with E-state index in [1.807, 2.05) is 0 Å². The molecule has 0 saturated carbocycles. The zero-order valence-electron chi connectivity index (χ0n) is 61.4. The van der Waals surface area contributed by atoms with E-state index >= 15 is 0 Å². The van der Waals surface area contributed by atoms with Crippen LogP contribution in [0.25, 0.3) is 0 Å². The minimum absolute atomic E-state index is 0.125. The molecule has 1 heterocycles. The van der Waals surface area contributed by atoms with E-state index in [1.165, 1.54) is 63.1 Å². The number of aliphatic hydroxyl groups is 4. The number of carbonyl (C=O) groups excluding carboxylic acids is 14. The monoisotopic (exact) mass is 1400 g/mol. The van der Waals surface area contributed by atoms with Crippen LogP contribution in [0.4, 0.5) is 0 Å². The van der Waals surface area contributed by atoms with Crippen LogP contribution < -0.4 is 42.5 Å². The summed E-state index contributed by atoms with van der Waals surface area (Å²) in [5.74, 6) is -17.0. The van der Waals surface area contributed by atoms with Crippen LogP contribution in [0.1, 0.15) is 116 Å². The molecule has 14 amide bonds. The summed E-state index contributed by atoms with van der Waals surface area (Å²) in [6.45, 7) is 19.4. The Kier molecular flexibility index (Phi) is 34.5. The lowest BCUT2D eigenvalue weighted by molar-refractivity contribution is -0.152. The van der Waals surface area contributed by atoms with Crippen LogP contribution in [0.3, 0.4) is 0 Å². The van der Waals surface area contributed by atoms with Gasteiger partial charge in [-0.05, 0) is 61.8 Å². The fourth-order valence-electron chi connectivity index (χ4n) is 11.3. The third-order valence-corrected chi connectivity index (χ3v) is 18.0. The van der Waals surface area contributed by atoms with Crippen LogP contribution in [-0.2, 0) is 73.5 Å². The summed E-state index contributed by atoms with van der Waals surface area (Å²) in [5.41, 5.74) is 0.574. The third-order valence-electron chi connectivity index (χ3n) is 18.0. The molecule has 1 aliphatic heterocycles. The molecule has 0 bridgehead atoms. The minimum atomic E-state index is -1.75. The highest BCUT2D eigenvalue weighted by Crippen LogP contribution is 2.21. The predicted octanol–water partition coefficient (Wildman–Crippen LogP) is -3.56.